The van der Waals surface area contributed by atoms with Gasteiger partial charge in [-0.2, -0.15) is 0 Å². The van der Waals surface area contributed by atoms with Gasteiger partial charge in [0.05, 0.1) is 47.2 Å². The van der Waals surface area contributed by atoms with Crippen LogP contribution in [0.4, 0.5) is 0 Å². The number of esters is 1. The number of carbonyl (C=O) groups excluding carboxylic acids is 1. The van der Waals surface area contributed by atoms with Crippen LogP contribution in [0.15, 0.2) is 36.4 Å². The first-order valence-electron chi connectivity index (χ1n) is 13.2. The number of hydrogen-bond donors (Lipinski definition) is 5. The Kier molecular flexibility index (Phi) is 10.5. The van der Waals surface area contributed by atoms with Crippen LogP contribution in [0.25, 0.3) is 0 Å². The molecule has 2 saturated heterocycles. The van der Waals surface area contributed by atoms with E-state index in [4.69, 9.17) is 42.6 Å². The molecule has 0 saturated carbocycles. The van der Waals surface area contributed by atoms with Crippen molar-refractivity contribution >= 4 is 5.97 Å². The van der Waals surface area contributed by atoms with Crippen molar-refractivity contribution in [2.75, 3.05) is 48.3 Å². The summed E-state index contributed by atoms with van der Waals surface area (Å²) in [7, 11) is 5.76. The Labute approximate surface area is 246 Å². The van der Waals surface area contributed by atoms with E-state index in [9.17, 15) is 30.3 Å². The van der Waals surface area contributed by atoms with Gasteiger partial charge in [0, 0.05) is 6.07 Å². The fourth-order valence-corrected chi connectivity index (χ4v) is 4.52. The summed E-state index contributed by atoms with van der Waals surface area (Å²) in [6.45, 7) is -1.52. The molecule has 5 N–H and O–H groups in total. The van der Waals surface area contributed by atoms with Crippen molar-refractivity contribution in [3.05, 3.63) is 42.0 Å². The summed E-state index contributed by atoms with van der Waals surface area (Å²) in [6.07, 6.45) is -10.6. The molecular weight excluding hydrogens is 576 g/mol. The average Bonchev–Trinajstić information content (AvgIpc) is 3.31. The largest absolute Gasteiger partial charge is 0.493 e. The van der Waals surface area contributed by atoms with Crippen LogP contribution in [0.2, 0.25) is 0 Å². The van der Waals surface area contributed by atoms with Crippen LogP contribution in [-0.4, -0.2) is 128 Å². The third-order valence-corrected chi connectivity index (χ3v) is 7.08. The van der Waals surface area contributed by atoms with Gasteiger partial charge in [-0.1, -0.05) is 0 Å². The van der Waals surface area contributed by atoms with Crippen molar-refractivity contribution in [2.24, 2.45) is 0 Å². The third kappa shape index (κ3) is 7.05. The Morgan fingerprint density at radius 1 is 0.837 bits per heavy atom. The second kappa shape index (κ2) is 13.9. The van der Waals surface area contributed by atoms with E-state index in [1.807, 2.05) is 0 Å². The zero-order chi connectivity index (χ0) is 31.3. The SMILES string of the molecule is COc1ccc(O[C@@H]2O[C@H](CO[C@@H]3OC[C@](O)(COC(=O)c4ccc(OC)c(OC)c4)[C@H]3O)[C@@H](O)[C@H](O)[C@H]2O)cc1OC. The number of aliphatic hydroxyl groups is 5. The summed E-state index contributed by atoms with van der Waals surface area (Å²) in [5.41, 5.74) is -1.89. The number of benzene rings is 2. The van der Waals surface area contributed by atoms with Crippen molar-refractivity contribution in [1.29, 1.82) is 0 Å². The van der Waals surface area contributed by atoms with E-state index in [1.165, 1.54) is 58.8 Å². The van der Waals surface area contributed by atoms with Crippen molar-refractivity contribution in [3.8, 4) is 28.7 Å². The second-order valence-corrected chi connectivity index (χ2v) is 9.86. The monoisotopic (exact) mass is 612 g/mol. The van der Waals surface area contributed by atoms with Gasteiger partial charge < -0.3 is 68.2 Å². The van der Waals surface area contributed by atoms with E-state index in [1.54, 1.807) is 6.07 Å². The molecule has 0 spiro atoms. The molecule has 2 aromatic carbocycles. The summed E-state index contributed by atoms with van der Waals surface area (Å²) < 4.78 is 48.2. The maximum Gasteiger partial charge on any atom is 0.338 e. The number of carbonyl (C=O) groups is 1. The molecule has 2 aromatic rings. The predicted octanol–water partition coefficient (Wildman–Crippen LogP) is -0.771. The van der Waals surface area contributed by atoms with Crippen LogP contribution >= 0.6 is 0 Å². The molecule has 2 aliphatic heterocycles. The average molecular weight is 613 g/mol. The van der Waals surface area contributed by atoms with Gasteiger partial charge in [0.15, 0.2) is 34.9 Å². The third-order valence-electron chi connectivity index (χ3n) is 7.08. The molecule has 0 aliphatic carbocycles. The van der Waals surface area contributed by atoms with Crippen LogP contribution in [0.3, 0.4) is 0 Å². The fourth-order valence-electron chi connectivity index (χ4n) is 4.52. The van der Waals surface area contributed by atoms with E-state index in [-0.39, 0.29) is 11.3 Å². The van der Waals surface area contributed by atoms with Crippen LogP contribution in [0.5, 0.6) is 28.7 Å². The Morgan fingerprint density at radius 3 is 2.12 bits per heavy atom. The standard InChI is InChI=1S/C28H36O15/c1-35-16-7-5-14(9-18(16)37-3)25(33)40-12-28(34)13-41-27(24(28)32)39-11-20-21(29)22(30)23(31)26(43-20)42-15-6-8-17(36-2)19(10-15)38-4/h5-10,20-24,26-27,29-32,34H,11-13H2,1-4H3/t20-,21-,22+,23-,24+,26-,27-,28-/m1/s1. The lowest BCUT2D eigenvalue weighted by atomic mass is 9.99. The molecule has 15 heteroatoms. The van der Waals surface area contributed by atoms with Gasteiger partial charge in [-0.3, -0.25) is 0 Å². The molecule has 2 fully saturated rings. The van der Waals surface area contributed by atoms with E-state index in [0.717, 1.165) is 0 Å². The molecule has 15 nitrogen and oxygen atoms in total. The van der Waals surface area contributed by atoms with Gasteiger partial charge in [0.25, 0.3) is 0 Å². The Hall–Kier alpha value is -3.41. The zero-order valence-corrected chi connectivity index (χ0v) is 23.9. The molecule has 2 aliphatic rings. The van der Waals surface area contributed by atoms with Gasteiger partial charge in [-0.25, -0.2) is 4.79 Å². The molecule has 2 heterocycles. The highest BCUT2D eigenvalue weighted by Crippen LogP contribution is 2.34. The number of ether oxygens (including phenoxy) is 9. The molecule has 4 rings (SSSR count). The smallest absolute Gasteiger partial charge is 0.338 e. The molecule has 0 unspecified atom stereocenters. The number of hydrogen-bond acceptors (Lipinski definition) is 15. The van der Waals surface area contributed by atoms with Crippen molar-refractivity contribution in [2.45, 2.75) is 48.7 Å². The number of methoxy groups -OCH3 is 4. The molecular formula is C28H36O15. The first-order valence-corrected chi connectivity index (χ1v) is 13.2. The lowest BCUT2D eigenvalue weighted by Gasteiger charge is -2.40. The minimum absolute atomic E-state index is 0.122. The van der Waals surface area contributed by atoms with Crippen molar-refractivity contribution < 1.29 is 73.0 Å². The normalized spacial score (nSPS) is 30.4. The molecule has 43 heavy (non-hydrogen) atoms. The zero-order valence-electron chi connectivity index (χ0n) is 23.9. The first kappa shape index (κ1) is 32.5. The molecule has 0 radical (unpaired) electrons. The first-order chi connectivity index (χ1) is 20.5. The maximum absolute atomic E-state index is 12.6. The molecule has 0 aromatic heterocycles. The molecule has 8 atom stereocenters. The minimum Gasteiger partial charge on any atom is -0.493 e. The van der Waals surface area contributed by atoms with Crippen molar-refractivity contribution in [1.82, 2.24) is 0 Å². The van der Waals surface area contributed by atoms with E-state index < -0.39 is 74.5 Å². The lowest BCUT2D eigenvalue weighted by molar-refractivity contribution is -0.289. The summed E-state index contributed by atoms with van der Waals surface area (Å²) >= 11 is 0. The Balaban J connectivity index is 1.33. The van der Waals surface area contributed by atoms with E-state index in [2.05, 4.69) is 0 Å². The van der Waals surface area contributed by atoms with E-state index >= 15 is 0 Å². The van der Waals surface area contributed by atoms with Gasteiger partial charge in [-0.15, -0.1) is 0 Å². The number of rotatable bonds is 12. The Bertz CT molecular complexity index is 1240. The fraction of sp³-hybridized carbons (Fsp3) is 0.536. The highest BCUT2D eigenvalue weighted by Gasteiger charge is 2.51. The van der Waals surface area contributed by atoms with Gasteiger partial charge in [0.1, 0.15) is 42.9 Å². The maximum atomic E-state index is 12.6. The molecule has 0 bridgehead atoms. The summed E-state index contributed by atoms with van der Waals surface area (Å²) in [5, 5.41) is 52.9. The van der Waals surface area contributed by atoms with Crippen molar-refractivity contribution in [3.63, 3.8) is 0 Å². The quantitative estimate of drug-likeness (QED) is 0.187. The minimum atomic E-state index is -2.02. The van der Waals surface area contributed by atoms with Gasteiger partial charge in [-0.05, 0) is 30.3 Å². The van der Waals surface area contributed by atoms with Crippen LogP contribution in [0, 0.1) is 0 Å². The predicted molar refractivity (Wildman–Crippen MR) is 143 cm³/mol. The molecule has 238 valence electrons. The summed E-state index contributed by atoms with van der Waals surface area (Å²) in [4.78, 5) is 12.6. The van der Waals surface area contributed by atoms with Gasteiger partial charge >= 0.3 is 5.97 Å². The lowest BCUT2D eigenvalue weighted by Crippen LogP contribution is -2.60. The second-order valence-electron chi connectivity index (χ2n) is 9.86. The topological polar surface area (TPSA) is 201 Å². The molecule has 0 amide bonds. The van der Waals surface area contributed by atoms with Crippen LogP contribution in [0.1, 0.15) is 10.4 Å². The van der Waals surface area contributed by atoms with Crippen LogP contribution in [-0.2, 0) is 18.9 Å². The summed E-state index contributed by atoms with van der Waals surface area (Å²) in [5.74, 6) is 0.914. The highest BCUT2D eigenvalue weighted by molar-refractivity contribution is 5.90. The van der Waals surface area contributed by atoms with E-state index in [0.29, 0.717) is 23.0 Å². The summed E-state index contributed by atoms with van der Waals surface area (Å²) in [6, 6.07) is 8.95. The van der Waals surface area contributed by atoms with Gasteiger partial charge in [0.2, 0.25) is 6.29 Å². The highest BCUT2D eigenvalue weighted by atomic mass is 16.7. The number of aliphatic hydroxyl groups excluding tert-OH is 4. The van der Waals surface area contributed by atoms with Crippen LogP contribution < -0.4 is 23.7 Å². The Morgan fingerprint density at radius 2 is 1.47 bits per heavy atom.